The van der Waals surface area contributed by atoms with Gasteiger partial charge in [0.05, 0.1) is 12.2 Å². The topological polar surface area (TPSA) is 124 Å². The van der Waals surface area contributed by atoms with E-state index in [2.05, 4.69) is 4.90 Å². The fourth-order valence-corrected chi connectivity index (χ4v) is 3.74. The number of carbonyl (C=O) groups is 1. The summed E-state index contributed by atoms with van der Waals surface area (Å²) in [5, 5.41) is 20.8. The third-order valence-corrected chi connectivity index (χ3v) is 5.85. The SMILES string of the molecule is COCCOc1ccc(OCC(O)CN(Cc2ccccc2)C(C)COc2ccc(C(N)=O)c(O)c2)cc1. The summed E-state index contributed by atoms with van der Waals surface area (Å²) < 4.78 is 22.2. The van der Waals surface area contributed by atoms with Gasteiger partial charge in [-0.3, -0.25) is 9.69 Å². The Morgan fingerprint density at radius 2 is 1.53 bits per heavy atom. The second-order valence-electron chi connectivity index (χ2n) is 8.90. The molecule has 3 rings (SSSR count). The Labute approximate surface area is 223 Å². The number of aliphatic hydroxyl groups excluding tert-OH is 1. The summed E-state index contributed by atoms with van der Waals surface area (Å²) in [6, 6.07) is 21.5. The molecular weight excluding hydrogens is 488 g/mol. The Kier molecular flexibility index (Phi) is 11.2. The van der Waals surface area contributed by atoms with Crippen LogP contribution in [-0.4, -0.2) is 73.2 Å². The summed E-state index contributed by atoms with van der Waals surface area (Å²) in [5.41, 5.74) is 6.38. The Hall–Kier alpha value is -3.79. The molecule has 0 radical (unpaired) electrons. The number of carbonyl (C=O) groups excluding carboxylic acids is 1. The van der Waals surface area contributed by atoms with E-state index in [0.717, 1.165) is 11.3 Å². The quantitative estimate of drug-likeness (QED) is 0.244. The summed E-state index contributed by atoms with van der Waals surface area (Å²) in [4.78, 5) is 13.4. The molecule has 9 heteroatoms. The second kappa shape index (κ2) is 14.8. The number of rotatable bonds is 16. The van der Waals surface area contributed by atoms with Gasteiger partial charge in [0.1, 0.15) is 48.9 Å². The molecule has 204 valence electrons. The van der Waals surface area contributed by atoms with Gasteiger partial charge in [0.15, 0.2) is 0 Å². The number of hydrogen-bond donors (Lipinski definition) is 3. The molecule has 3 aromatic rings. The van der Waals surface area contributed by atoms with E-state index in [4.69, 9.17) is 24.7 Å². The molecule has 9 nitrogen and oxygen atoms in total. The number of methoxy groups -OCH3 is 1. The molecule has 1 amide bonds. The van der Waals surface area contributed by atoms with E-state index in [9.17, 15) is 15.0 Å². The van der Waals surface area contributed by atoms with E-state index in [-0.39, 0.29) is 24.0 Å². The van der Waals surface area contributed by atoms with Crippen molar-refractivity contribution in [2.75, 3.05) is 40.1 Å². The number of hydrogen-bond acceptors (Lipinski definition) is 8. The summed E-state index contributed by atoms with van der Waals surface area (Å²) in [6.45, 7) is 4.33. The first-order valence-electron chi connectivity index (χ1n) is 12.4. The minimum atomic E-state index is -0.752. The lowest BCUT2D eigenvalue weighted by atomic mass is 10.1. The number of ether oxygens (including phenoxy) is 4. The van der Waals surface area contributed by atoms with Gasteiger partial charge in [-0.1, -0.05) is 30.3 Å². The highest BCUT2D eigenvalue weighted by atomic mass is 16.5. The molecule has 0 aromatic heterocycles. The van der Waals surface area contributed by atoms with Gasteiger partial charge in [0.25, 0.3) is 5.91 Å². The first-order valence-corrected chi connectivity index (χ1v) is 12.4. The number of nitrogens with two attached hydrogens (primary N) is 1. The lowest BCUT2D eigenvalue weighted by Crippen LogP contribution is -2.43. The maximum Gasteiger partial charge on any atom is 0.252 e. The maximum absolute atomic E-state index is 11.3. The molecule has 0 spiro atoms. The van der Waals surface area contributed by atoms with E-state index >= 15 is 0 Å². The zero-order valence-electron chi connectivity index (χ0n) is 21.8. The van der Waals surface area contributed by atoms with Crippen LogP contribution in [0.5, 0.6) is 23.0 Å². The van der Waals surface area contributed by atoms with Crippen molar-refractivity contribution in [3.8, 4) is 23.0 Å². The Morgan fingerprint density at radius 1 is 0.895 bits per heavy atom. The van der Waals surface area contributed by atoms with E-state index < -0.39 is 12.0 Å². The van der Waals surface area contributed by atoms with Crippen LogP contribution in [-0.2, 0) is 11.3 Å². The lowest BCUT2D eigenvalue weighted by Gasteiger charge is -2.31. The highest BCUT2D eigenvalue weighted by Crippen LogP contribution is 2.24. The van der Waals surface area contributed by atoms with Crippen molar-refractivity contribution >= 4 is 5.91 Å². The smallest absolute Gasteiger partial charge is 0.252 e. The summed E-state index contributed by atoms with van der Waals surface area (Å²) in [7, 11) is 1.62. The maximum atomic E-state index is 11.3. The minimum Gasteiger partial charge on any atom is -0.507 e. The molecule has 2 unspecified atom stereocenters. The van der Waals surface area contributed by atoms with E-state index in [1.807, 2.05) is 49.4 Å². The van der Waals surface area contributed by atoms with E-state index in [0.29, 0.717) is 44.4 Å². The molecule has 0 bridgehead atoms. The highest BCUT2D eigenvalue weighted by molar-refractivity contribution is 5.95. The molecule has 4 N–H and O–H groups in total. The Bertz CT molecular complexity index is 1130. The molecule has 3 aromatic carbocycles. The Balaban J connectivity index is 1.57. The van der Waals surface area contributed by atoms with Gasteiger partial charge in [0.2, 0.25) is 0 Å². The van der Waals surface area contributed by atoms with Crippen LogP contribution in [0.25, 0.3) is 0 Å². The normalized spacial score (nSPS) is 12.6. The molecule has 0 fully saturated rings. The van der Waals surface area contributed by atoms with Crippen molar-refractivity contribution in [3.05, 3.63) is 83.9 Å². The lowest BCUT2D eigenvalue weighted by molar-refractivity contribution is 0.0410. The van der Waals surface area contributed by atoms with Crippen LogP contribution >= 0.6 is 0 Å². The van der Waals surface area contributed by atoms with Gasteiger partial charge in [-0.05, 0) is 48.9 Å². The summed E-state index contributed by atoms with van der Waals surface area (Å²) in [6.07, 6.45) is -0.752. The largest absolute Gasteiger partial charge is 0.507 e. The zero-order valence-corrected chi connectivity index (χ0v) is 21.8. The number of primary amides is 1. The van der Waals surface area contributed by atoms with Crippen LogP contribution in [0, 0.1) is 0 Å². The van der Waals surface area contributed by atoms with E-state index in [1.54, 1.807) is 25.3 Å². The predicted octanol–water partition coefficient (Wildman–Crippen LogP) is 3.23. The first kappa shape index (κ1) is 28.8. The molecule has 0 aliphatic rings. The van der Waals surface area contributed by atoms with Gasteiger partial charge < -0.3 is 34.9 Å². The molecule has 0 saturated carbocycles. The molecule has 38 heavy (non-hydrogen) atoms. The van der Waals surface area contributed by atoms with Crippen LogP contribution in [0.4, 0.5) is 0 Å². The number of nitrogens with zero attached hydrogens (tertiary/aromatic N) is 1. The van der Waals surface area contributed by atoms with Crippen molar-refractivity contribution < 1.29 is 34.0 Å². The molecular formula is C29H36N2O7. The molecule has 0 saturated heterocycles. The number of phenols is 1. The fourth-order valence-electron chi connectivity index (χ4n) is 3.74. The fraction of sp³-hybridized carbons (Fsp3) is 0.345. The Morgan fingerprint density at radius 3 is 2.16 bits per heavy atom. The summed E-state index contributed by atoms with van der Waals surface area (Å²) in [5.74, 6) is 0.825. The molecule has 2 atom stereocenters. The van der Waals surface area contributed by atoms with Gasteiger partial charge in [-0.15, -0.1) is 0 Å². The first-order chi connectivity index (χ1) is 18.4. The van der Waals surface area contributed by atoms with Crippen molar-refractivity contribution in [1.29, 1.82) is 0 Å². The number of aromatic hydroxyl groups is 1. The van der Waals surface area contributed by atoms with E-state index in [1.165, 1.54) is 12.1 Å². The molecule has 0 aliphatic carbocycles. The van der Waals surface area contributed by atoms with Gasteiger partial charge in [0, 0.05) is 32.3 Å². The average Bonchev–Trinajstić information content (AvgIpc) is 2.91. The minimum absolute atomic E-state index is 0.0347. The van der Waals surface area contributed by atoms with Gasteiger partial charge in [-0.25, -0.2) is 0 Å². The van der Waals surface area contributed by atoms with Crippen LogP contribution in [0.3, 0.4) is 0 Å². The number of aliphatic hydroxyl groups is 1. The van der Waals surface area contributed by atoms with Gasteiger partial charge >= 0.3 is 0 Å². The zero-order chi connectivity index (χ0) is 27.3. The van der Waals surface area contributed by atoms with Crippen LogP contribution in [0.15, 0.2) is 72.8 Å². The van der Waals surface area contributed by atoms with Crippen molar-refractivity contribution in [3.63, 3.8) is 0 Å². The molecule has 0 aliphatic heterocycles. The summed E-state index contributed by atoms with van der Waals surface area (Å²) >= 11 is 0. The van der Waals surface area contributed by atoms with Crippen molar-refractivity contribution in [2.45, 2.75) is 25.6 Å². The predicted molar refractivity (Wildman–Crippen MR) is 144 cm³/mol. The van der Waals surface area contributed by atoms with Crippen molar-refractivity contribution in [2.24, 2.45) is 5.73 Å². The van der Waals surface area contributed by atoms with Gasteiger partial charge in [-0.2, -0.15) is 0 Å². The third-order valence-electron chi connectivity index (χ3n) is 5.85. The highest BCUT2D eigenvalue weighted by Gasteiger charge is 2.20. The van der Waals surface area contributed by atoms with Crippen LogP contribution in [0.1, 0.15) is 22.8 Å². The average molecular weight is 525 g/mol. The number of benzene rings is 3. The third kappa shape index (κ3) is 9.26. The van der Waals surface area contributed by atoms with Crippen LogP contribution < -0.4 is 19.9 Å². The van der Waals surface area contributed by atoms with Crippen LogP contribution in [0.2, 0.25) is 0 Å². The molecule has 0 heterocycles. The number of amides is 1. The standard InChI is InChI=1S/C29H36N2O7/c1-21(19-37-26-12-13-27(29(30)34)28(33)16-26)31(17-22-6-4-3-5-7-22)18-23(32)20-38-25-10-8-24(9-11-25)36-15-14-35-2/h3-13,16,21,23,32-33H,14-15,17-20H2,1-2H3,(H2,30,34). The van der Waals surface area contributed by atoms with Crippen molar-refractivity contribution in [1.82, 2.24) is 4.90 Å². The second-order valence-corrected chi connectivity index (χ2v) is 8.90. The monoisotopic (exact) mass is 524 g/mol.